The highest BCUT2D eigenvalue weighted by molar-refractivity contribution is 5.87. The number of amides is 1. The average molecular weight is 261 g/mol. The molecule has 0 fully saturated rings. The Bertz CT molecular complexity index is 479. The van der Waals surface area contributed by atoms with Gasteiger partial charge in [0.1, 0.15) is 5.54 Å². The zero-order valence-corrected chi connectivity index (χ0v) is 10.2. The van der Waals surface area contributed by atoms with Crippen molar-refractivity contribution in [3.05, 3.63) is 23.6 Å². The van der Waals surface area contributed by atoms with E-state index in [0.29, 0.717) is 6.07 Å². The molecule has 18 heavy (non-hydrogen) atoms. The van der Waals surface area contributed by atoms with E-state index in [-0.39, 0.29) is 5.92 Å². The third-order valence-electron chi connectivity index (χ3n) is 2.93. The van der Waals surface area contributed by atoms with Gasteiger partial charge in [-0.25, -0.2) is 8.78 Å². The molecule has 1 atom stereocenters. The molecule has 0 spiro atoms. The first-order valence-corrected chi connectivity index (χ1v) is 5.28. The lowest BCUT2D eigenvalue weighted by atomic mass is 9.87. The molecule has 0 aliphatic rings. The van der Waals surface area contributed by atoms with Gasteiger partial charge in [0.15, 0.2) is 17.5 Å². The first-order valence-electron chi connectivity index (χ1n) is 5.28. The molecule has 0 aliphatic carbocycles. The van der Waals surface area contributed by atoms with E-state index < -0.39 is 34.8 Å². The number of carbonyl (C=O) groups is 1. The summed E-state index contributed by atoms with van der Waals surface area (Å²) in [6.07, 6.45) is 0. The molecule has 1 unspecified atom stereocenters. The molecule has 0 radical (unpaired) electrons. The Morgan fingerprint density at radius 3 is 2.39 bits per heavy atom. The number of carbonyl (C=O) groups excluding carboxylic acids is 1. The van der Waals surface area contributed by atoms with Crippen LogP contribution in [0.3, 0.4) is 0 Å². The van der Waals surface area contributed by atoms with Crippen molar-refractivity contribution in [2.75, 3.05) is 5.32 Å². The van der Waals surface area contributed by atoms with Crippen LogP contribution >= 0.6 is 0 Å². The largest absolute Gasteiger partial charge is 0.368 e. The number of aromatic nitrogens is 1. The highest BCUT2D eigenvalue weighted by Gasteiger charge is 2.36. The molecule has 100 valence electrons. The van der Waals surface area contributed by atoms with Gasteiger partial charge in [0, 0.05) is 6.07 Å². The van der Waals surface area contributed by atoms with Gasteiger partial charge in [-0.15, -0.1) is 0 Å². The van der Waals surface area contributed by atoms with Crippen LogP contribution in [0.1, 0.15) is 20.8 Å². The number of anilines is 1. The Morgan fingerprint density at radius 1 is 1.39 bits per heavy atom. The molecule has 0 saturated heterocycles. The Labute approximate surface area is 102 Å². The second-order valence-electron chi connectivity index (χ2n) is 4.44. The van der Waals surface area contributed by atoms with E-state index in [1.54, 1.807) is 13.8 Å². The molecule has 1 amide bonds. The van der Waals surface area contributed by atoms with Crippen molar-refractivity contribution in [3.8, 4) is 0 Å². The molecule has 0 saturated carbocycles. The molecular weight excluding hydrogens is 247 g/mol. The summed E-state index contributed by atoms with van der Waals surface area (Å²) in [5, 5.41) is 2.42. The predicted molar refractivity (Wildman–Crippen MR) is 60.2 cm³/mol. The van der Waals surface area contributed by atoms with Gasteiger partial charge in [-0.1, -0.05) is 13.8 Å². The summed E-state index contributed by atoms with van der Waals surface area (Å²) in [7, 11) is 0. The van der Waals surface area contributed by atoms with Crippen molar-refractivity contribution in [1.29, 1.82) is 0 Å². The summed E-state index contributed by atoms with van der Waals surface area (Å²) in [6, 6.07) is 0.354. The maximum absolute atomic E-state index is 13.4. The summed E-state index contributed by atoms with van der Waals surface area (Å²) in [5.41, 5.74) is 3.90. The third-order valence-corrected chi connectivity index (χ3v) is 2.93. The summed E-state index contributed by atoms with van der Waals surface area (Å²) >= 11 is 0. The SMILES string of the molecule is CC(C)C(C)(Nc1nc(F)c(F)cc1F)C(N)=O. The molecule has 0 aliphatic heterocycles. The zero-order valence-electron chi connectivity index (χ0n) is 10.2. The van der Waals surface area contributed by atoms with Gasteiger partial charge in [-0.2, -0.15) is 9.37 Å². The van der Waals surface area contributed by atoms with E-state index in [4.69, 9.17) is 5.73 Å². The molecule has 0 aromatic carbocycles. The fourth-order valence-corrected chi connectivity index (χ4v) is 1.27. The van der Waals surface area contributed by atoms with E-state index in [1.807, 2.05) is 0 Å². The number of halogens is 3. The van der Waals surface area contributed by atoms with E-state index in [0.717, 1.165) is 0 Å². The third kappa shape index (κ3) is 2.55. The highest BCUT2D eigenvalue weighted by Crippen LogP contribution is 2.24. The fourth-order valence-electron chi connectivity index (χ4n) is 1.27. The van der Waals surface area contributed by atoms with Crippen LogP contribution < -0.4 is 11.1 Å². The first-order chi connectivity index (χ1) is 8.18. The maximum atomic E-state index is 13.4. The number of hydrogen-bond acceptors (Lipinski definition) is 3. The van der Waals surface area contributed by atoms with Crippen LogP contribution in [-0.2, 0) is 4.79 Å². The van der Waals surface area contributed by atoms with Crippen molar-refractivity contribution in [1.82, 2.24) is 4.98 Å². The van der Waals surface area contributed by atoms with Crippen LogP contribution in [-0.4, -0.2) is 16.4 Å². The van der Waals surface area contributed by atoms with Crippen LogP contribution in [0.2, 0.25) is 0 Å². The molecule has 1 heterocycles. The summed E-state index contributed by atoms with van der Waals surface area (Å²) in [4.78, 5) is 14.5. The van der Waals surface area contributed by atoms with Gasteiger partial charge in [0.2, 0.25) is 5.91 Å². The monoisotopic (exact) mass is 261 g/mol. The molecule has 1 aromatic heterocycles. The first kappa shape index (κ1) is 14.3. The molecule has 1 aromatic rings. The predicted octanol–water partition coefficient (Wildman–Crippen LogP) is 1.81. The number of primary amides is 1. The second kappa shape index (κ2) is 4.83. The van der Waals surface area contributed by atoms with Gasteiger partial charge in [0.05, 0.1) is 0 Å². The smallest absolute Gasteiger partial charge is 0.251 e. The lowest BCUT2D eigenvalue weighted by Crippen LogP contribution is -2.52. The van der Waals surface area contributed by atoms with Crippen molar-refractivity contribution in [3.63, 3.8) is 0 Å². The molecule has 7 heteroatoms. The summed E-state index contributed by atoms with van der Waals surface area (Å²) < 4.78 is 39.0. The molecular formula is C11H14F3N3O. The quantitative estimate of drug-likeness (QED) is 0.812. The minimum atomic E-state index is -1.45. The minimum Gasteiger partial charge on any atom is -0.368 e. The standard InChI is InChI=1S/C11H14F3N3O/c1-5(2)11(3,10(15)18)17-9-7(13)4-6(12)8(14)16-9/h4-5H,1-3H3,(H2,15,18)(H,16,17). The van der Waals surface area contributed by atoms with Crippen LogP contribution in [0.4, 0.5) is 19.0 Å². The molecule has 3 N–H and O–H groups in total. The van der Waals surface area contributed by atoms with E-state index in [1.165, 1.54) is 6.92 Å². The van der Waals surface area contributed by atoms with Gasteiger partial charge in [-0.05, 0) is 12.8 Å². The number of rotatable bonds is 4. The number of nitrogens with two attached hydrogens (primary N) is 1. The Morgan fingerprint density at radius 2 is 1.94 bits per heavy atom. The average Bonchev–Trinajstić information content (AvgIpc) is 2.25. The normalized spacial score (nSPS) is 14.4. The highest BCUT2D eigenvalue weighted by atomic mass is 19.2. The minimum absolute atomic E-state index is 0.302. The number of nitrogens with zero attached hydrogens (tertiary/aromatic N) is 1. The lowest BCUT2D eigenvalue weighted by Gasteiger charge is -2.32. The van der Waals surface area contributed by atoms with E-state index in [2.05, 4.69) is 10.3 Å². The van der Waals surface area contributed by atoms with Crippen molar-refractivity contribution < 1.29 is 18.0 Å². The Balaban J connectivity index is 3.17. The van der Waals surface area contributed by atoms with Crippen molar-refractivity contribution >= 4 is 11.7 Å². The second-order valence-corrected chi connectivity index (χ2v) is 4.44. The van der Waals surface area contributed by atoms with Crippen molar-refractivity contribution in [2.45, 2.75) is 26.3 Å². The Kier molecular flexibility index (Phi) is 3.83. The van der Waals surface area contributed by atoms with Crippen LogP contribution in [0.5, 0.6) is 0 Å². The lowest BCUT2D eigenvalue weighted by molar-refractivity contribution is -0.123. The summed E-state index contributed by atoms with van der Waals surface area (Å²) in [6.45, 7) is 4.79. The van der Waals surface area contributed by atoms with Gasteiger partial charge in [0.25, 0.3) is 5.95 Å². The van der Waals surface area contributed by atoms with Crippen LogP contribution in [0.25, 0.3) is 0 Å². The van der Waals surface area contributed by atoms with Crippen LogP contribution in [0, 0.1) is 23.5 Å². The summed E-state index contributed by atoms with van der Waals surface area (Å²) in [5.74, 6) is -5.54. The van der Waals surface area contributed by atoms with Crippen molar-refractivity contribution in [2.24, 2.45) is 11.7 Å². The van der Waals surface area contributed by atoms with E-state index in [9.17, 15) is 18.0 Å². The molecule has 0 bridgehead atoms. The molecule has 1 rings (SSSR count). The van der Waals surface area contributed by atoms with Gasteiger partial charge >= 0.3 is 0 Å². The Hall–Kier alpha value is -1.79. The number of pyridine rings is 1. The fraction of sp³-hybridized carbons (Fsp3) is 0.455. The topological polar surface area (TPSA) is 68.0 Å². The van der Waals surface area contributed by atoms with Gasteiger partial charge < -0.3 is 11.1 Å². The zero-order chi connectivity index (χ0) is 14.1. The van der Waals surface area contributed by atoms with Gasteiger partial charge in [-0.3, -0.25) is 4.79 Å². The number of hydrogen-bond donors (Lipinski definition) is 2. The maximum Gasteiger partial charge on any atom is 0.251 e. The van der Waals surface area contributed by atoms with Crippen LogP contribution in [0.15, 0.2) is 6.07 Å². The molecule has 4 nitrogen and oxygen atoms in total. The number of nitrogens with one attached hydrogen (secondary N) is 1. The van der Waals surface area contributed by atoms with E-state index >= 15 is 0 Å².